The lowest BCUT2D eigenvalue weighted by Crippen LogP contribution is -2.18. The van der Waals surface area contributed by atoms with Crippen LogP contribution in [0.1, 0.15) is 24.8 Å². The minimum atomic E-state index is -3.15. The summed E-state index contributed by atoms with van der Waals surface area (Å²) < 4.78 is 57.1. The van der Waals surface area contributed by atoms with E-state index in [1.807, 2.05) is 0 Å². The highest BCUT2D eigenvalue weighted by atomic mass is 19.3. The van der Waals surface area contributed by atoms with Crippen molar-refractivity contribution in [1.82, 2.24) is 0 Å². The molecular formula is C13H13F4NO3. The molecule has 0 N–H and O–H groups in total. The second-order valence-electron chi connectivity index (χ2n) is 4.36. The van der Waals surface area contributed by atoms with Gasteiger partial charge in [0.05, 0.1) is 6.21 Å². The Morgan fingerprint density at radius 3 is 2.29 bits per heavy atom. The van der Waals surface area contributed by atoms with Crippen LogP contribution in [0.4, 0.5) is 17.6 Å². The average Bonchev–Trinajstić information content (AvgIpc) is 2.34. The number of hydrogen-bond acceptors (Lipinski definition) is 4. The van der Waals surface area contributed by atoms with Gasteiger partial charge in [0.25, 0.3) is 0 Å². The zero-order chi connectivity index (χ0) is 15.2. The van der Waals surface area contributed by atoms with Crippen LogP contribution in [0.2, 0.25) is 0 Å². The average molecular weight is 307 g/mol. The maximum absolute atomic E-state index is 12.3. The van der Waals surface area contributed by atoms with Gasteiger partial charge in [-0.15, -0.1) is 0 Å². The number of hydrogen-bond donors (Lipinski definition) is 0. The second kappa shape index (κ2) is 7.14. The van der Waals surface area contributed by atoms with Crippen LogP contribution in [0.3, 0.4) is 0 Å². The minimum absolute atomic E-state index is 0.0828. The molecule has 0 aromatic heterocycles. The largest absolute Gasteiger partial charge is 0.431 e. The summed E-state index contributed by atoms with van der Waals surface area (Å²) in [7, 11) is 0. The van der Waals surface area contributed by atoms with Crippen LogP contribution in [-0.2, 0) is 4.84 Å². The fourth-order valence-electron chi connectivity index (χ4n) is 1.64. The first kappa shape index (κ1) is 15.4. The van der Waals surface area contributed by atoms with E-state index in [0.29, 0.717) is 5.56 Å². The Morgan fingerprint density at radius 1 is 1.05 bits per heavy atom. The van der Waals surface area contributed by atoms with Gasteiger partial charge in [-0.3, -0.25) is 0 Å². The zero-order valence-corrected chi connectivity index (χ0v) is 10.8. The summed E-state index contributed by atoms with van der Waals surface area (Å²) in [5.74, 6) is -0.958. The molecule has 1 aromatic rings. The number of rotatable bonds is 7. The van der Waals surface area contributed by atoms with Gasteiger partial charge in [-0.05, 0) is 37.5 Å². The molecule has 0 amide bonds. The number of benzene rings is 1. The van der Waals surface area contributed by atoms with Gasteiger partial charge in [-0.25, -0.2) is 0 Å². The molecule has 8 heteroatoms. The molecule has 1 fully saturated rings. The Kier molecular flexibility index (Phi) is 5.24. The highest BCUT2D eigenvalue weighted by Crippen LogP contribution is 2.30. The molecule has 2 rings (SSSR count). The Hall–Kier alpha value is -1.99. The normalized spacial score (nSPS) is 15.5. The van der Waals surface area contributed by atoms with Crippen LogP contribution >= 0.6 is 0 Å². The van der Waals surface area contributed by atoms with Crippen LogP contribution in [0.15, 0.2) is 23.4 Å². The third-order valence-electron chi connectivity index (χ3n) is 2.86. The number of ether oxygens (including phenoxy) is 2. The van der Waals surface area contributed by atoms with E-state index in [1.54, 1.807) is 0 Å². The lowest BCUT2D eigenvalue weighted by molar-refractivity contribution is -0.0692. The van der Waals surface area contributed by atoms with Gasteiger partial charge in [0.2, 0.25) is 0 Å². The van der Waals surface area contributed by atoms with E-state index in [9.17, 15) is 17.6 Å². The van der Waals surface area contributed by atoms with Gasteiger partial charge in [0, 0.05) is 5.56 Å². The van der Waals surface area contributed by atoms with Crippen LogP contribution < -0.4 is 9.47 Å². The molecule has 116 valence electrons. The summed E-state index contributed by atoms with van der Waals surface area (Å²) in [6, 6.07) is 3.61. The Labute approximate surface area is 118 Å². The molecular weight excluding hydrogens is 294 g/mol. The van der Waals surface area contributed by atoms with E-state index in [0.717, 1.165) is 31.4 Å². The third-order valence-corrected chi connectivity index (χ3v) is 2.86. The van der Waals surface area contributed by atoms with E-state index in [1.165, 1.54) is 12.3 Å². The van der Waals surface area contributed by atoms with Gasteiger partial charge in [0.1, 0.15) is 6.10 Å². The maximum Gasteiger partial charge on any atom is 0.387 e. The maximum atomic E-state index is 12.3. The quantitative estimate of drug-likeness (QED) is 0.437. The van der Waals surface area contributed by atoms with Gasteiger partial charge in [-0.2, -0.15) is 17.6 Å². The van der Waals surface area contributed by atoms with Crippen LogP contribution in [0.25, 0.3) is 0 Å². The smallest absolute Gasteiger partial charge is 0.387 e. The topological polar surface area (TPSA) is 40.0 Å². The van der Waals surface area contributed by atoms with Crippen molar-refractivity contribution in [2.24, 2.45) is 5.16 Å². The van der Waals surface area contributed by atoms with Gasteiger partial charge in [0.15, 0.2) is 11.5 Å². The van der Waals surface area contributed by atoms with Crippen molar-refractivity contribution in [3.8, 4) is 11.5 Å². The molecule has 0 unspecified atom stereocenters. The first-order chi connectivity index (χ1) is 10.0. The molecule has 1 aliphatic carbocycles. The molecule has 0 radical (unpaired) electrons. The predicted molar refractivity (Wildman–Crippen MR) is 66.0 cm³/mol. The van der Waals surface area contributed by atoms with Crippen molar-refractivity contribution >= 4 is 6.21 Å². The lowest BCUT2D eigenvalue weighted by atomic mass is 9.97. The van der Waals surface area contributed by atoms with Gasteiger partial charge < -0.3 is 14.3 Å². The van der Waals surface area contributed by atoms with Crippen LogP contribution in [-0.4, -0.2) is 25.5 Å². The fourth-order valence-corrected chi connectivity index (χ4v) is 1.64. The predicted octanol–water partition coefficient (Wildman–Crippen LogP) is 3.79. The molecule has 21 heavy (non-hydrogen) atoms. The molecule has 0 saturated heterocycles. The zero-order valence-electron chi connectivity index (χ0n) is 10.8. The Morgan fingerprint density at radius 2 is 1.71 bits per heavy atom. The molecule has 1 saturated carbocycles. The van der Waals surface area contributed by atoms with E-state index < -0.39 is 24.7 Å². The van der Waals surface area contributed by atoms with Crippen molar-refractivity contribution < 1.29 is 31.9 Å². The molecule has 0 bridgehead atoms. The highest BCUT2D eigenvalue weighted by molar-refractivity contribution is 5.80. The molecule has 1 aromatic carbocycles. The second-order valence-corrected chi connectivity index (χ2v) is 4.36. The SMILES string of the molecule is FC(F)Oc1ccc(C=NOC2CCC2)cc1OC(F)F. The van der Waals surface area contributed by atoms with Crippen molar-refractivity contribution in [3.63, 3.8) is 0 Å². The lowest BCUT2D eigenvalue weighted by Gasteiger charge is -2.22. The minimum Gasteiger partial charge on any atom is -0.431 e. The number of nitrogens with zero attached hydrogens (tertiary/aromatic N) is 1. The summed E-state index contributed by atoms with van der Waals surface area (Å²) in [6.07, 6.45) is 4.32. The van der Waals surface area contributed by atoms with Crippen molar-refractivity contribution in [1.29, 1.82) is 0 Å². The van der Waals surface area contributed by atoms with Crippen molar-refractivity contribution in [2.45, 2.75) is 38.6 Å². The number of halogens is 4. The Bertz CT molecular complexity index is 492. The summed E-state index contributed by atoms with van der Waals surface area (Å²) in [6.45, 7) is -6.28. The highest BCUT2D eigenvalue weighted by Gasteiger charge is 2.18. The summed E-state index contributed by atoms with van der Waals surface area (Å²) in [4.78, 5) is 5.13. The number of alkyl halides is 4. The molecule has 1 aliphatic rings. The Balaban J connectivity index is 2.07. The monoisotopic (exact) mass is 307 g/mol. The van der Waals surface area contributed by atoms with E-state index in [-0.39, 0.29) is 6.10 Å². The molecule has 0 heterocycles. The van der Waals surface area contributed by atoms with Gasteiger partial charge >= 0.3 is 13.2 Å². The molecule has 0 spiro atoms. The van der Waals surface area contributed by atoms with Crippen molar-refractivity contribution in [2.75, 3.05) is 0 Å². The first-order valence-corrected chi connectivity index (χ1v) is 6.27. The molecule has 4 nitrogen and oxygen atoms in total. The fraction of sp³-hybridized carbons (Fsp3) is 0.462. The van der Waals surface area contributed by atoms with Crippen LogP contribution in [0.5, 0.6) is 11.5 Å². The first-order valence-electron chi connectivity index (χ1n) is 6.27. The number of oxime groups is 1. The summed E-state index contributed by atoms with van der Waals surface area (Å²) in [5.41, 5.74) is 0.367. The molecule has 0 aliphatic heterocycles. The van der Waals surface area contributed by atoms with E-state index in [4.69, 9.17) is 4.84 Å². The summed E-state index contributed by atoms with van der Waals surface area (Å²) in [5, 5.41) is 3.72. The van der Waals surface area contributed by atoms with E-state index in [2.05, 4.69) is 14.6 Å². The van der Waals surface area contributed by atoms with Gasteiger partial charge in [-0.1, -0.05) is 5.16 Å². The molecule has 0 atom stereocenters. The van der Waals surface area contributed by atoms with Crippen LogP contribution in [0, 0.1) is 0 Å². The third kappa shape index (κ3) is 4.80. The van der Waals surface area contributed by atoms with E-state index >= 15 is 0 Å². The summed E-state index contributed by atoms with van der Waals surface area (Å²) >= 11 is 0. The van der Waals surface area contributed by atoms with Crippen molar-refractivity contribution in [3.05, 3.63) is 23.8 Å². The standard InChI is InChI=1S/C13H13F4NO3/c14-12(15)19-10-5-4-8(6-11(10)20-13(16)17)7-18-21-9-2-1-3-9/h4-7,9,12-13H,1-3H2.